The normalized spacial score (nSPS) is 22.4. The van der Waals surface area contributed by atoms with E-state index in [1.165, 1.54) is 0 Å². The van der Waals surface area contributed by atoms with E-state index >= 15 is 0 Å². The molecule has 1 fully saturated rings. The monoisotopic (exact) mass is 175 g/mol. The van der Waals surface area contributed by atoms with Gasteiger partial charge in [0.05, 0.1) is 5.92 Å². The molecule has 2 nitrogen and oxygen atoms in total. The van der Waals surface area contributed by atoms with Crippen molar-refractivity contribution in [2.45, 2.75) is 12.3 Å². The topological polar surface area (TPSA) is 20.3 Å². The van der Waals surface area contributed by atoms with Crippen LogP contribution in [0.1, 0.15) is 17.9 Å². The number of hydrogen-bond donors (Lipinski definition) is 0. The van der Waals surface area contributed by atoms with Crippen molar-refractivity contribution < 1.29 is 4.79 Å². The molecule has 0 aromatic heterocycles. The number of amides is 1. The number of nitrogens with zero attached hydrogens (tertiary/aromatic N) is 1. The molecule has 1 aliphatic heterocycles. The first-order chi connectivity index (χ1) is 6.29. The molecular weight excluding hydrogens is 162 g/mol. The molecule has 1 aromatic carbocycles. The second kappa shape index (κ2) is 3.21. The zero-order valence-electron chi connectivity index (χ0n) is 7.73. The van der Waals surface area contributed by atoms with Crippen molar-refractivity contribution in [3.05, 3.63) is 35.9 Å². The van der Waals surface area contributed by atoms with Crippen molar-refractivity contribution in [1.82, 2.24) is 4.90 Å². The van der Waals surface area contributed by atoms with E-state index in [0.29, 0.717) is 0 Å². The largest absolute Gasteiger partial charge is 0.345 e. The van der Waals surface area contributed by atoms with Gasteiger partial charge in [-0.2, -0.15) is 0 Å². The predicted molar refractivity (Wildman–Crippen MR) is 51.4 cm³/mol. The number of carbonyl (C=O) groups excluding carboxylic acids is 1. The van der Waals surface area contributed by atoms with E-state index < -0.39 is 0 Å². The molecule has 1 saturated heterocycles. The maximum Gasteiger partial charge on any atom is 0.229 e. The number of carbonyl (C=O) groups is 1. The van der Waals surface area contributed by atoms with Crippen molar-refractivity contribution in [2.24, 2.45) is 0 Å². The van der Waals surface area contributed by atoms with Crippen LogP contribution in [0.25, 0.3) is 0 Å². The first-order valence-corrected chi connectivity index (χ1v) is 4.59. The predicted octanol–water partition coefficient (Wildman–Crippen LogP) is 1.63. The highest BCUT2D eigenvalue weighted by molar-refractivity contribution is 5.85. The highest BCUT2D eigenvalue weighted by atomic mass is 16.2. The van der Waals surface area contributed by atoms with Crippen LogP contribution in [0.15, 0.2) is 30.3 Å². The van der Waals surface area contributed by atoms with Gasteiger partial charge in [0.15, 0.2) is 0 Å². The Morgan fingerprint density at radius 1 is 1.31 bits per heavy atom. The number of benzene rings is 1. The Morgan fingerprint density at radius 3 is 2.54 bits per heavy atom. The van der Waals surface area contributed by atoms with Gasteiger partial charge < -0.3 is 4.90 Å². The van der Waals surface area contributed by atoms with Crippen molar-refractivity contribution in [3.63, 3.8) is 0 Å². The minimum Gasteiger partial charge on any atom is -0.345 e. The Balaban J connectivity index is 2.24. The van der Waals surface area contributed by atoms with E-state index in [-0.39, 0.29) is 11.8 Å². The Labute approximate surface area is 78.2 Å². The Bertz CT molecular complexity index is 307. The van der Waals surface area contributed by atoms with Crippen molar-refractivity contribution in [1.29, 1.82) is 0 Å². The molecule has 0 unspecified atom stereocenters. The SMILES string of the molecule is CN1CC[C@@H](c2ccccc2)C1=O. The molecule has 1 aromatic rings. The summed E-state index contributed by atoms with van der Waals surface area (Å²) in [7, 11) is 1.87. The summed E-state index contributed by atoms with van der Waals surface area (Å²) in [5.74, 6) is 0.359. The first-order valence-electron chi connectivity index (χ1n) is 4.59. The lowest BCUT2D eigenvalue weighted by molar-refractivity contribution is -0.127. The fraction of sp³-hybridized carbons (Fsp3) is 0.364. The van der Waals surface area contributed by atoms with E-state index in [9.17, 15) is 4.79 Å². The van der Waals surface area contributed by atoms with Gasteiger partial charge in [-0.3, -0.25) is 4.79 Å². The van der Waals surface area contributed by atoms with Crippen LogP contribution < -0.4 is 0 Å². The van der Waals surface area contributed by atoms with Crippen LogP contribution in [0.2, 0.25) is 0 Å². The van der Waals surface area contributed by atoms with Crippen LogP contribution in [0, 0.1) is 0 Å². The minimum absolute atomic E-state index is 0.103. The van der Waals surface area contributed by atoms with Gasteiger partial charge in [-0.1, -0.05) is 30.3 Å². The third-order valence-corrected chi connectivity index (χ3v) is 2.63. The maximum atomic E-state index is 11.6. The summed E-state index contributed by atoms with van der Waals surface area (Å²) in [6, 6.07) is 10.0. The standard InChI is InChI=1S/C11H13NO/c1-12-8-7-10(11(12)13)9-5-3-2-4-6-9/h2-6,10H,7-8H2,1H3/t10-/m0/s1. The molecule has 68 valence electrons. The third-order valence-electron chi connectivity index (χ3n) is 2.63. The second-order valence-electron chi connectivity index (χ2n) is 3.51. The minimum atomic E-state index is 0.103. The van der Waals surface area contributed by atoms with E-state index in [1.807, 2.05) is 37.4 Å². The van der Waals surface area contributed by atoms with Gasteiger partial charge in [-0.05, 0) is 12.0 Å². The molecule has 2 heteroatoms. The summed E-state index contributed by atoms with van der Waals surface area (Å²) in [6.45, 7) is 0.887. The molecule has 0 saturated carbocycles. The molecule has 1 atom stereocenters. The molecule has 1 heterocycles. The van der Waals surface area contributed by atoms with Crippen molar-refractivity contribution in [2.75, 3.05) is 13.6 Å². The molecular formula is C11H13NO. The average molecular weight is 175 g/mol. The fourth-order valence-electron chi connectivity index (χ4n) is 1.82. The van der Waals surface area contributed by atoms with Crippen LogP contribution in [0.5, 0.6) is 0 Å². The summed E-state index contributed by atoms with van der Waals surface area (Å²) >= 11 is 0. The lowest BCUT2D eigenvalue weighted by atomic mass is 9.98. The first kappa shape index (κ1) is 8.30. The summed E-state index contributed by atoms with van der Waals surface area (Å²) in [5.41, 5.74) is 1.15. The number of rotatable bonds is 1. The van der Waals surface area contributed by atoms with Crippen LogP contribution >= 0.6 is 0 Å². The summed E-state index contributed by atoms with van der Waals surface area (Å²) in [4.78, 5) is 13.4. The van der Waals surface area contributed by atoms with E-state index in [4.69, 9.17) is 0 Å². The highest BCUT2D eigenvalue weighted by Crippen LogP contribution is 2.26. The van der Waals surface area contributed by atoms with Crippen LogP contribution in [-0.4, -0.2) is 24.4 Å². The zero-order valence-corrected chi connectivity index (χ0v) is 7.73. The third kappa shape index (κ3) is 1.44. The molecule has 0 radical (unpaired) electrons. The molecule has 0 bridgehead atoms. The van der Waals surface area contributed by atoms with E-state index in [1.54, 1.807) is 4.90 Å². The molecule has 2 rings (SSSR count). The average Bonchev–Trinajstić information content (AvgIpc) is 2.49. The van der Waals surface area contributed by atoms with Gasteiger partial charge in [0.25, 0.3) is 0 Å². The smallest absolute Gasteiger partial charge is 0.229 e. The van der Waals surface area contributed by atoms with Gasteiger partial charge in [-0.25, -0.2) is 0 Å². The zero-order chi connectivity index (χ0) is 9.26. The van der Waals surface area contributed by atoms with Crippen LogP contribution in [0.4, 0.5) is 0 Å². The van der Waals surface area contributed by atoms with Gasteiger partial charge in [0.2, 0.25) is 5.91 Å². The summed E-state index contributed by atoms with van der Waals surface area (Å²) < 4.78 is 0. The number of likely N-dealkylation sites (N-methyl/N-ethyl adjacent to an activating group) is 1. The number of hydrogen-bond acceptors (Lipinski definition) is 1. The van der Waals surface area contributed by atoms with Gasteiger partial charge in [0.1, 0.15) is 0 Å². The maximum absolute atomic E-state index is 11.6. The Morgan fingerprint density at radius 2 is 2.00 bits per heavy atom. The Hall–Kier alpha value is -1.31. The lowest BCUT2D eigenvalue weighted by Gasteiger charge is -2.09. The Kier molecular flexibility index (Phi) is 2.05. The fourth-order valence-corrected chi connectivity index (χ4v) is 1.82. The molecule has 13 heavy (non-hydrogen) atoms. The van der Waals surface area contributed by atoms with Crippen LogP contribution in [-0.2, 0) is 4.79 Å². The van der Waals surface area contributed by atoms with Crippen LogP contribution in [0.3, 0.4) is 0 Å². The van der Waals surface area contributed by atoms with E-state index in [2.05, 4.69) is 0 Å². The van der Waals surface area contributed by atoms with Crippen molar-refractivity contribution >= 4 is 5.91 Å². The lowest BCUT2D eigenvalue weighted by Crippen LogP contribution is -2.21. The molecule has 0 aliphatic carbocycles. The molecule has 1 amide bonds. The van der Waals surface area contributed by atoms with Gasteiger partial charge >= 0.3 is 0 Å². The molecule has 0 spiro atoms. The summed E-state index contributed by atoms with van der Waals surface area (Å²) in [6.07, 6.45) is 0.958. The highest BCUT2D eigenvalue weighted by Gasteiger charge is 2.29. The van der Waals surface area contributed by atoms with Crippen molar-refractivity contribution in [3.8, 4) is 0 Å². The van der Waals surface area contributed by atoms with E-state index in [0.717, 1.165) is 18.5 Å². The molecule has 1 aliphatic rings. The summed E-state index contributed by atoms with van der Waals surface area (Å²) in [5, 5.41) is 0. The van der Waals surface area contributed by atoms with Gasteiger partial charge in [0, 0.05) is 13.6 Å². The second-order valence-corrected chi connectivity index (χ2v) is 3.51. The van der Waals surface area contributed by atoms with Gasteiger partial charge in [-0.15, -0.1) is 0 Å². The molecule has 0 N–H and O–H groups in total. The number of likely N-dealkylation sites (tertiary alicyclic amines) is 1. The quantitative estimate of drug-likeness (QED) is 0.635.